The van der Waals surface area contributed by atoms with Crippen LogP contribution >= 0.6 is 11.5 Å². The molecule has 1 amide bonds. The number of hydrogen-bond donors (Lipinski definition) is 1. The summed E-state index contributed by atoms with van der Waals surface area (Å²) in [5.74, 6) is 0.201. The summed E-state index contributed by atoms with van der Waals surface area (Å²) in [6.07, 6.45) is 3.24. The summed E-state index contributed by atoms with van der Waals surface area (Å²) < 4.78 is 15.5. The van der Waals surface area contributed by atoms with Crippen molar-refractivity contribution < 1.29 is 13.9 Å². The molecule has 0 spiro atoms. The Morgan fingerprint density at radius 1 is 1.42 bits per heavy atom. The van der Waals surface area contributed by atoms with Gasteiger partial charge in [0.25, 0.3) is 5.91 Å². The number of carbonyl (C=O) groups is 1. The average Bonchev–Trinajstić information content (AvgIpc) is 3.05. The van der Waals surface area contributed by atoms with Crippen molar-refractivity contribution in [1.29, 1.82) is 0 Å². The van der Waals surface area contributed by atoms with E-state index >= 15 is 0 Å². The van der Waals surface area contributed by atoms with Crippen LogP contribution in [0.2, 0.25) is 0 Å². The Balaban J connectivity index is 1.84. The summed E-state index contributed by atoms with van der Waals surface area (Å²) in [5, 5.41) is 0.758. The van der Waals surface area contributed by atoms with E-state index in [0.717, 1.165) is 15.6 Å². The molecule has 0 radical (unpaired) electrons. The number of benzene rings is 1. The van der Waals surface area contributed by atoms with Crippen molar-refractivity contribution in [1.82, 2.24) is 4.37 Å². The molecule has 0 aliphatic carbocycles. The smallest absolute Gasteiger partial charge is 0.269 e. The second kappa shape index (κ2) is 4.74. The minimum absolute atomic E-state index is 0.307. The molecule has 19 heavy (non-hydrogen) atoms. The normalized spacial score (nSPS) is 10.7. The van der Waals surface area contributed by atoms with Crippen LogP contribution < -0.4 is 10.5 Å². The second-order valence-electron chi connectivity index (χ2n) is 3.97. The first kappa shape index (κ1) is 11.7. The Kier molecular flexibility index (Phi) is 2.92. The Hall–Kier alpha value is -2.34. The van der Waals surface area contributed by atoms with Gasteiger partial charge in [0.2, 0.25) is 0 Å². The average molecular weight is 274 g/mol. The zero-order valence-corrected chi connectivity index (χ0v) is 10.6. The number of amides is 1. The van der Waals surface area contributed by atoms with Gasteiger partial charge in [-0.15, -0.1) is 0 Å². The largest absolute Gasteiger partial charge is 0.489 e. The Bertz CT molecular complexity index is 719. The molecule has 0 fully saturated rings. The molecule has 0 aliphatic rings. The van der Waals surface area contributed by atoms with E-state index in [9.17, 15) is 4.79 Å². The van der Waals surface area contributed by atoms with Gasteiger partial charge in [-0.3, -0.25) is 4.79 Å². The van der Waals surface area contributed by atoms with Crippen LogP contribution in [0.1, 0.15) is 16.1 Å². The lowest BCUT2D eigenvalue weighted by Gasteiger charge is -2.04. The lowest BCUT2D eigenvalue weighted by molar-refractivity contribution is 0.0998. The summed E-state index contributed by atoms with van der Waals surface area (Å²) in [6, 6.07) is 7.28. The van der Waals surface area contributed by atoms with Crippen LogP contribution in [0.5, 0.6) is 5.75 Å². The Morgan fingerprint density at radius 3 is 3.05 bits per heavy atom. The molecule has 2 aromatic heterocycles. The second-order valence-corrected chi connectivity index (χ2v) is 4.78. The zero-order chi connectivity index (χ0) is 13.2. The maximum Gasteiger partial charge on any atom is 0.269 e. The number of rotatable bonds is 4. The fourth-order valence-electron chi connectivity index (χ4n) is 1.73. The molecule has 2 N–H and O–H groups in total. The van der Waals surface area contributed by atoms with Gasteiger partial charge < -0.3 is 14.9 Å². The van der Waals surface area contributed by atoms with Gasteiger partial charge in [-0.1, -0.05) is 0 Å². The summed E-state index contributed by atoms with van der Waals surface area (Å²) in [7, 11) is 0. The number of hydrogen-bond acceptors (Lipinski definition) is 5. The van der Waals surface area contributed by atoms with E-state index in [1.54, 1.807) is 24.7 Å². The monoisotopic (exact) mass is 274 g/mol. The predicted octanol–water partition coefficient (Wildman–Crippen LogP) is 2.57. The topological polar surface area (TPSA) is 78.4 Å². The van der Waals surface area contributed by atoms with E-state index in [1.807, 2.05) is 12.1 Å². The molecule has 0 unspecified atom stereocenters. The Labute approximate surface area is 112 Å². The quantitative estimate of drug-likeness (QED) is 0.793. The lowest BCUT2D eigenvalue weighted by atomic mass is 10.2. The van der Waals surface area contributed by atoms with Gasteiger partial charge in [-0.2, -0.15) is 4.37 Å². The fourth-order valence-corrected chi connectivity index (χ4v) is 2.54. The zero-order valence-electron chi connectivity index (χ0n) is 9.83. The summed E-state index contributed by atoms with van der Waals surface area (Å²) >= 11 is 1.23. The van der Waals surface area contributed by atoms with Crippen molar-refractivity contribution in [3.05, 3.63) is 48.0 Å². The molecular weight excluding hydrogens is 264 g/mol. The number of aromatic nitrogens is 1. The molecular formula is C13H10N2O3S. The van der Waals surface area contributed by atoms with E-state index in [-0.39, 0.29) is 0 Å². The van der Waals surface area contributed by atoms with Crippen LogP contribution in [0, 0.1) is 0 Å². The van der Waals surface area contributed by atoms with Crippen LogP contribution in [0.15, 0.2) is 41.2 Å². The first-order valence-electron chi connectivity index (χ1n) is 5.57. The van der Waals surface area contributed by atoms with Crippen LogP contribution in [-0.4, -0.2) is 10.3 Å². The van der Waals surface area contributed by atoms with Gasteiger partial charge in [0, 0.05) is 10.9 Å². The number of fused-ring (bicyclic) bond motifs is 1. The number of furan rings is 1. The van der Waals surface area contributed by atoms with Crippen molar-refractivity contribution in [3.63, 3.8) is 0 Å². The van der Waals surface area contributed by atoms with Gasteiger partial charge in [0.1, 0.15) is 18.1 Å². The van der Waals surface area contributed by atoms with Crippen LogP contribution in [0.4, 0.5) is 0 Å². The highest BCUT2D eigenvalue weighted by atomic mass is 32.1. The molecule has 5 nitrogen and oxygen atoms in total. The van der Waals surface area contributed by atoms with Crippen molar-refractivity contribution in [2.75, 3.05) is 0 Å². The fraction of sp³-hybridized carbons (Fsp3) is 0.0769. The highest BCUT2D eigenvalue weighted by Gasteiger charge is 2.11. The Morgan fingerprint density at radius 2 is 2.32 bits per heavy atom. The molecule has 0 aliphatic heterocycles. The van der Waals surface area contributed by atoms with Crippen molar-refractivity contribution in [3.8, 4) is 5.75 Å². The highest BCUT2D eigenvalue weighted by Crippen LogP contribution is 2.27. The van der Waals surface area contributed by atoms with Gasteiger partial charge in [0.15, 0.2) is 0 Å². The molecule has 2 heterocycles. The van der Waals surface area contributed by atoms with Crippen LogP contribution in [0.25, 0.3) is 10.1 Å². The van der Waals surface area contributed by atoms with E-state index in [2.05, 4.69) is 4.37 Å². The molecule has 3 rings (SSSR count). The van der Waals surface area contributed by atoms with Crippen LogP contribution in [0.3, 0.4) is 0 Å². The molecule has 3 aromatic rings. The number of nitrogens with zero attached hydrogens (tertiary/aromatic N) is 1. The van der Waals surface area contributed by atoms with E-state index in [1.165, 1.54) is 11.5 Å². The molecule has 1 aromatic carbocycles. The van der Waals surface area contributed by atoms with Crippen molar-refractivity contribution in [2.45, 2.75) is 6.61 Å². The molecule has 96 valence electrons. The highest BCUT2D eigenvalue weighted by molar-refractivity contribution is 7.13. The minimum atomic E-state index is -0.515. The maximum atomic E-state index is 11.2. The van der Waals surface area contributed by atoms with Crippen molar-refractivity contribution in [2.24, 2.45) is 5.73 Å². The van der Waals surface area contributed by atoms with Gasteiger partial charge in [-0.05, 0) is 35.8 Å². The van der Waals surface area contributed by atoms with E-state index in [4.69, 9.17) is 14.9 Å². The summed E-state index contributed by atoms with van der Waals surface area (Å²) in [5.41, 5.74) is 6.52. The SMILES string of the molecule is NC(=O)c1nsc2cc(OCc3ccoc3)ccc12. The third-order valence-electron chi connectivity index (χ3n) is 2.66. The van der Waals surface area contributed by atoms with E-state index in [0.29, 0.717) is 18.1 Å². The first-order chi connectivity index (χ1) is 9.24. The summed E-state index contributed by atoms with van der Waals surface area (Å²) in [6.45, 7) is 0.434. The lowest BCUT2D eigenvalue weighted by Crippen LogP contribution is -2.11. The summed E-state index contributed by atoms with van der Waals surface area (Å²) in [4.78, 5) is 11.2. The third-order valence-corrected chi connectivity index (χ3v) is 3.47. The van der Waals surface area contributed by atoms with Gasteiger partial charge in [0.05, 0.1) is 17.2 Å². The van der Waals surface area contributed by atoms with Gasteiger partial charge in [-0.25, -0.2) is 0 Å². The maximum absolute atomic E-state index is 11.2. The van der Waals surface area contributed by atoms with Crippen molar-refractivity contribution >= 4 is 27.5 Å². The van der Waals surface area contributed by atoms with Crippen LogP contribution in [-0.2, 0) is 6.61 Å². The minimum Gasteiger partial charge on any atom is -0.489 e. The number of primary amides is 1. The molecule has 6 heteroatoms. The number of carbonyl (C=O) groups excluding carboxylic acids is 1. The first-order valence-corrected chi connectivity index (χ1v) is 6.34. The standard InChI is InChI=1S/C13H10N2O3S/c14-13(16)12-10-2-1-9(5-11(10)19-15-12)18-7-8-3-4-17-6-8/h1-6H,7H2,(H2,14,16). The van der Waals surface area contributed by atoms with E-state index < -0.39 is 5.91 Å². The molecule has 0 saturated heterocycles. The molecule has 0 saturated carbocycles. The molecule has 0 bridgehead atoms. The predicted molar refractivity (Wildman–Crippen MR) is 71.2 cm³/mol. The number of ether oxygens (including phenoxy) is 1. The molecule has 0 atom stereocenters. The third kappa shape index (κ3) is 2.30. The van der Waals surface area contributed by atoms with Gasteiger partial charge >= 0.3 is 0 Å². The number of nitrogens with two attached hydrogens (primary N) is 1.